The van der Waals surface area contributed by atoms with E-state index in [4.69, 9.17) is 4.74 Å². The van der Waals surface area contributed by atoms with Crippen molar-refractivity contribution in [2.45, 2.75) is 39.2 Å². The van der Waals surface area contributed by atoms with E-state index >= 15 is 0 Å². The van der Waals surface area contributed by atoms with E-state index in [9.17, 15) is 0 Å². The summed E-state index contributed by atoms with van der Waals surface area (Å²) < 4.78 is 5.75. The van der Waals surface area contributed by atoms with Crippen LogP contribution in [0.3, 0.4) is 0 Å². The first-order valence-corrected chi connectivity index (χ1v) is 6.52. The van der Waals surface area contributed by atoms with Crippen molar-refractivity contribution in [3.8, 4) is 0 Å². The van der Waals surface area contributed by atoms with Gasteiger partial charge in [0.25, 0.3) is 0 Å². The molecule has 1 saturated carbocycles. The molecule has 0 N–H and O–H groups in total. The minimum absolute atomic E-state index is 0.776. The fourth-order valence-electron chi connectivity index (χ4n) is 2.24. The molecule has 1 aromatic rings. The Kier molecular flexibility index (Phi) is 4.41. The Bertz CT molecular complexity index is 294. The summed E-state index contributed by atoms with van der Waals surface area (Å²) in [6.45, 7) is 4.00. The van der Waals surface area contributed by atoms with E-state index in [1.807, 2.05) is 6.07 Å². The molecule has 1 aliphatic carbocycles. The summed E-state index contributed by atoms with van der Waals surface area (Å²) in [5.74, 6) is 1.82. The van der Waals surface area contributed by atoms with E-state index < -0.39 is 0 Å². The third-order valence-electron chi connectivity index (χ3n) is 3.44. The Hall–Kier alpha value is -0.820. The summed E-state index contributed by atoms with van der Waals surface area (Å²) in [7, 11) is 0. The quantitative estimate of drug-likeness (QED) is 0.671. The zero-order chi connectivity index (χ0) is 11.2. The van der Waals surface area contributed by atoms with Gasteiger partial charge in [-0.1, -0.05) is 56.5 Å². The van der Waals surface area contributed by atoms with Crippen molar-refractivity contribution in [1.29, 1.82) is 0 Å². The SMILES string of the molecule is CCCC[C@@H]1CC1COCc1ccccc1. The molecule has 1 aliphatic rings. The maximum Gasteiger partial charge on any atom is 0.0717 e. The maximum absolute atomic E-state index is 5.75. The molecule has 1 unspecified atom stereocenters. The molecule has 0 amide bonds. The predicted molar refractivity (Wildman–Crippen MR) is 67.2 cm³/mol. The van der Waals surface area contributed by atoms with Crippen LogP contribution in [-0.4, -0.2) is 6.61 Å². The molecule has 0 bridgehead atoms. The van der Waals surface area contributed by atoms with Crippen LogP contribution in [0.25, 0.3) is 0 Å². The maximum atomic E-state index is 5.75. The van der Waals surface area contributed by atoms with Gasteiger partial charge in [0.05, 0.1) is 13.2 Å². The molecule has 1 nitrogen and oxygen atoms in total. The highest BCUT2D eigenvalue weighted by molar-refractivity contribution is 5.13. The van der Waals surface area contributed by atoms with Crippen LogP contribution in [-0.2, 0) is 11.3 Å². The fourth-order valence-corrected chi connectivity index (χ4v) is 2.24. The number of hydrogen-bond acceptors (Lipinski definition) is 1. The minimum Gasteiger partial charge on any atom is -0.376 e. The van der Waals surface area contributed by atoms with E-state index in [-0.39, 0.29) is 0 Å². The Labute approximate surface area is 98.8 Å². The topological polar surface area (TPSA) is 9.23 Å². The highest BCUT2D eigenvalue weighted by Crippen LogP contribution is 2.42. The van der Waals surface area contributed by atoms with Gasteiger partial charge in [-0.25, -0.2) is 0 Å². The summed E-state index contributed by atoms with van der Waals surface area (Å²) in [5.41, 5.74) is 1.29. The summed E-state index contributed by atoms with van der Waals surface area (Å²) in [4.78, 5) is 0. The van der Waals surface area contributed by atoms with E-state index in [0.717, 1.165) is 25.0 Å². The Morgan fingerprint density at radius 2 is 2.00 bits per heavy atom. The average molecular weight is 218 g/mol. The second-order valence-electron chi connectivity index (χ2n) is 4.90. The molecule has 2 atom stereocenters. The predicted octanol–water partition coefficient (Wildman–Crippen LogP) is 4.03. The normalized spacial score (nSPS) is 23.3. The molecular formula is C15H22O. The molecule has 0 aliphatic heterocycles. The third-order valence-corrected chi connectivity index (χ3v) is 3.44. The lowest BCUT2D eigenvalue weighted by Crippen LogP contribution is -1.98. The molecule has 2 rings (SSSR count). The lowest BCUT2D eigenvalue weighted by atomic mass is 10.1. The number of benzene rings is 1. The Morgan fingerprint density at radius 1 is 1.19 bits per heavy atom. The van der Waals surface area contributed by atoms with Crippen molar-refractivity contribution in [2.75, 3.05) is 6.61 Å². The van der Waals surface area contributed by atoms with Gasteiger partial charge < -0.3 is 4.74 Å². The highest BCUT2D eigenvalue weighted by Gasteiger charge is 2.35. The molecule has 0 aromatic heterocycles. The number of unbranched alkanes of at least 4 members (excludes halogenated alkanes) is 1. The van der Waals surface area contributed by atoms with Crippen molar-refractivity contribution < 1.29 is 4.74 Å². The first-order chi connectivity index (χ1) is 7.90. The first-order valence-electron chi connectivity index (χ1n) is 6.52. The lowest BCUT2D eigenvalue weighted by molar-refractivity contribution is 0.107. The largest absolute Gasteiger partial charge is 0.376 e. The Balaban J connectivity index is 1.57. The number of ether oxygens (including phenoxy) is 1. The van der Waals surface area contributed by atoms with Crippen molar-refractivity contribution in [2.24, 2.45) is 11.8 Å². The van der Waals surface area contributed by atoms with Crippen molar-refractivity contribution in [3.63, 3.8) is 0 Å². The van der Waals surface area contributed by atoms with Crippen LogP contribution < -0.4 is 0 Å². The molecule has 0 radical (unpaired) electrons. The molecule has 0 spiro atoms. The second-order valence-corrected chi connectivity index (χ2v) is 4.90. The van der Waals surface area contributed by atoms with Gasteiger partial charge in [-0.3, -0.25) is 0 Å². The second kappa shape index (κ2) is 6.05. The Morgan fingerprint density at radius 3 is 2.75 bits per heavy atom. The summed E-state index contributed by atoms with van der Waals surface area (Å²) in [6, 6.07) is 10.4. The summed E-state index contributed by atoms with van der Waals surface area (Å²) in [6.07, 6.45) is 5.53. The van der Waals surface area contributed by atoms with E-state index in [2.05, 4.69) is 31.2 Å². The van der Waals surface area contributed by atoms with Crippen LogP contribution in [0.15, 0.2) is 30.3 Å². The van der Waals surface area contributed by atoms with Gasteiger partial charge in [-0.05, 0) is 23.8 Å². The standard InChI is InChI=1S/C15H22O/c1-2-3-9-14-10-15(14)12-16-11-13-7-5-4-6-8-13/h4-8,14-15H,2-3,9-12H2,1H3/t14-,15?/m1/s1. The summed E-state index contributed by atoms with van der Waals surface area (Å²) in [5, 5.41) is 0. The average Bonchev–Trinajstić information content (AvgIpc) is 3.07. The smallest absolute Gasteiger partial charge is 0.0717 e. The van der Waals surface area contributed by atoms with E-state index in [1.165, 1.54) is 31.2 Å². The molecule has 88 valence electrons. The van der Waals surface area contributed by atoms with Crippen molar-refractivity contribution >= 4 is 0 Å². The molecular weight excluding hydrogens is 196 g/mol. The van der Waals surface area contributed by atoms with Gasteiger partial charge in [-0.15, -0.1) is 0 Å². The monoisotopic (exact) mass is 218 g/mol. The van der Waals surface area contributed by atoms with Gasteiger partial charge in [0.15, 0.2) is 0 Å². The fraction of sp³-hybridized carbons (Fsp3) is 0.600. The van der Waals surface area contributed by atoms with E-state index in [0.29, 0.717) is 0 Å². The highest BCUT2D eigenvalue weighted by atomic mass is 16.5. The van der Waals surface area contributed by atoms with Crippen LogP contribution in [0.2, 0.25) is 0 Å². The number of rotatable bonds is 7. The molecule has 0 saturated heterocycles. The zero-order valence-electron chi connectivity index (χ0n) is 10.2. The van der Waals surface area contributed by atoms with Crippen LogP contribution in [0.5, 0.6) is 0 Å². The zero-order valence-corrected chi connectivity index (χ0v) is 10.2. The third kappa shape index (κ3) is 3.64. The van der Waals surface area contributed by atoms with Crippen LogP contribution in [0.4, 0.5) is 0 Å². The van der Waals surface area contributed by atoms with Gasteiger partial charge in [0.2, 0.25) is 0 Å². The number of hydrogen-bond donors (Lipinski definition) is 0. The molecule has 1 fully saturated rings. The molecule has 1 heteroatoms. The van der Waals surface area contributed by atoms with Crippen molar-refractivity contribution in [1.82, 2.24) is 0 Å². The van der Waals surface area contributed by atoms with Gasteiger partial charge in [0.1, 0.15) is 0 Å². The van der Waals surface area contributed by atoms with Gasteiger partial charge >= 0.3 is 0 Å². The lowest BCUT2D eigenvalue weighted by Gasteiger charge is -2.03. The van der Waals surface area contributed by atoms with Crippen molar-refractivity contribution in [3.05, 3.63) is 35.9 Å². The molecule has 0 heterocycles. The van der Waals surface area contributed by atoms with Crippen LogP contribution in [0, 0.1) is 11.8 Å². The van der Waals surface area contributed by atoms with E-state index in [1.54, 1.807) is 0 Å². The first kappa shape index (κ1) is 11.7. The molecule has 16 heavy (non-hydrogen) atoms. The van der Waals surface area contributed by atoms with Gasteiger partial charge in [-0.2, -0.15) is 0 Å². The minimum atomic E-state index is 0.776. The molecule has 1 aromatic carbocycles. The van der Waals surface area contributed by atoms with Crippen LogP contribution >= 0.6 is 0 Å². The van der Waals surface area contributed by atoms with Gasteiger partial charge in [0, 0.05) is 0 Å². The van der Waals surface area contributed by atoms with Crippen LogP contribution in [0.1, 0.15) is 38.2 Å². The summed E-state index contributed by atoms with van der Waals surface area (Å²) >= 11 is 0.